The molecule has 1 fully saturated rings. The van der Waals surface area contributed by atoms with Crippen molar-refractivity contribution in [2.45, 2.75) is 50.7 Å². The van der Waals surface area contributed by atoms with Crippen LogP contribution in [0.25, 0.3) is 0 Å². The van der Waals surface area contributed by atoms with E-state index in [2.05, 4.69) is 0 Å². The van der Waals surface area contributed by atoms with Crippen LogP contribution < -0.4 is 5.73 Å². The van der Waals surface area contributed by atoms with Crippen molar-refractivity contribution in [2.75, 3.05) is 26.4 Å². The van der Waals surface area contributed by atoms with Crippen molar-refractivity contribution in [2.24, 2.45) is 5.73 Å². The van der Waals surface area contributed by atoms with Crippen molar-refractivity contribution in [1.29, 1.82) is 0 Å². The lowest BCUT2D eigenvalue weighted by Crippen LogP contribution is -2.43. The van der Waals surface area contributed by atoms with Crippen LogP contribution in [0.5, 0.6) is 0 Å². The zero-order chi connectivity index (χ0) is 11.9. The molecule has 0 aromatic rings. The van der Waals surface area contributed by atoms with Gasteiger partial charge < -0.3 is 20.3 Å². The average Bonchev–Trinajstić information content (AvgIpc) is 2.81. The highest BCUT2D eigenvalue weighted by Gasteiger charge is 2.21. The zero-order valence-corrected chi connectivity index (χ0v) is 10.3. The first-order valence-electron chi connectivity index (χ1n) is 6.29. The second-order valence-corrected chi connectivity index (χ2v) is 4.69. The van der Waals surface area contributed by atoms with Gasteiger partial charge >= 0.3 is 0 Å². The second-order valence-electron chi connectivity index (χ2n) is 4.69. The maximum absolute atomic E-state index is 9.13. The standard InChI is InChI=1S/C12H25NO3/c1-2-12(13,10-14)6-4-7-15-9-11-5-3-8-16-11/h11,14H,2-10,13H2,1H3. The molecule has 2 unspecified atom stereocenters. The van der Waals surface area contributed by atoms with E-state index in [1.165, 1.54) is 0 Å². The highest BCUT2D eigenvalue weighted by Crippen LogP contribution is 2.14. The Morgan fingerprint density at radius 2 is 2.38 bits per heavy atom. The first-order chi connectivity index (χ1) is 7.70. The van der Waals surface area contributed by atoms with Crippen molar-refractivity contribution in [3.63, 3.8) is 0 Å². The summed E-state index contributed by atoms with van der Waals surface area (Å²) < 4.78 is 11.0. The summed E-state index contributed by atoms with van der Waals surface area (Å²) in [6.07, 6.45) is 5.08. The Morgan fingerprint density at radius 3 is 2.94 bits per heavy atom. The van der Waals surface area contributed by atoms with Gasteiger partial charge in [0.1, 0.15) is 0 Å². The van der Waals surface area contributed by atoms with E-state index in [1.54, 1.807) is 0 Å². The van der Waals surface area contributed by atoms with E-state index in [1.807, 2.05) is 6.92 Å². The van der Waals surface area contributed by atoms with Crippen molar-refractivity contribution >= 4 is 0 Å². The molecule has 4 heteroatoms. The molecule has 2 atom stereocenters. The van der Waals surface area contributed by atoms with E-state index < -0.39 is 5.54 Å². The van der Waals surface area contributed by atoms with Gasteiger partial charge in [-0.2, -0.15) is 0 Å². The summed E-state index contributed by atoms with van der Waals surface area (Å²) in [5, 5.41) is 9.13. The summed E-state index contributed by atoms with van der Waals surface area (Å²) in [6.45, 7) is 4.33. The lowest BCUT2D eigenvalue weighted by atomic mass is 9.93. The Kier molecular flexibility index (Phi) is 6.28. The number of aliphatic hydroxyl groups is 1. The summed E-state index contributed by atoms with van der Waals surface area (Å²) in [5.41, 5.74) is 5.55. The fraction of sp³-hybridized carbons (Fsp3) is 1.00. The quantitative estimate of drug-likeness (QED) is 0.613. The fourth-order valence-corrected chi connectivity index (χ4v) is 1.88. The molecule has 0 aromatic heterocycles. The molecule has 0 bridgehead atoms. The SMILES string of the molecule is CCC(N)(CO)CCCOCC1CCCO1. The molecular weight excluding hydrogens is 206 g/mol. The Hall–Kier alpha value is -0.160. The molecule has 1 saturated heterocycles. The van der Waals surface area contributed by atoms with E-state index in [0.29, 0.717) is 19.3 Å². The summed E-state index contributed by atoms with van der Waals surface area (Å²) >= 11 is 0. The molecule has 0 amide bonds. The molecule has 1 heterocycles. The van der Waals surface area contributed by atoms with Gasteiger partial charge in [-0.25, -0.2) is 0 Å². The first-order valence-corrected chi connectivity index (χ1v) is 6.29. The lowest BCUT2D eigenvalue weighted by Gasteiger charge is -2.25. The third kappa shape index (κ3) is 4.78. The molecular formula is C12H25NO3. The van der Waals surface area contributed by atoms with Crippen molar-refractivity contribution < 1.29 is 14.6 Å². The number of ether oxygens (including phenoxy) is 2. The molecule has 0 aliphatic carbocycles. The van der Waals surface area contributed by atoms with Crippen LogP contribution in [0.3, 0.4) is 0 Å². The van der Waals surface area contributed by atoms with Crippen molar-refractivity contribution in [3.8, 4) is 0 Å². The molecule has 3 N–H and O–H groups in total. The highest BCUT2D eigenvalue weighted by atomic mass is 16.5. The van der Waals surface area contributed by atoms with Gasteiger partial charge in [-0.3, -0.25) is 0 Å². The zero-order valence-electron chi connectivity index (χ0n) is 10.3. The molecule has 1 rings (SSSR count). The van der Waals surface area contributed by atoms with Crippen molar-refractivity contribution in [1.82, 2.24) is 0 Å². The minimum absolute atomic E-state index is 0.0508. The summed E-state index contributed by atoms with van der Waals surface area (Å²) in [4.78, 5) is 0. The number of hydrogen-bond donors (Lipinski definition) is 2. The van der Waals surface area contributed by atoms with Gasteiger partial charge in [-0.15, -0.1) is 0 Å². The molecule has 0 saturated carbocycles. The average molecular weight is 231 g/mol. The maximum atomic E-state index is 9.13. The smallest absolute Gasteiger partial charge is 0.0809 e. The van der Waals surface area contributed by atoms with Crippen LogP contribution in [0.4, 0.5) is 0 Å². The first kappa shape index (κ1) is 13.9. The van der Waals surface area contributed by atoms with E-state index in [4.69, 9.17) is 20.3 Å². The van der Waals surface area contributed by atoms with Gasteiger partial charge in [0.25, 0.3) is 0 Å². The molecule has 1 aliphatic rings. The second kappa shape index (κ2) is 7.22. The molecule has 0 radical (unpaired) electrons. The van der Waals surface area contributed by atoms with E-state index in [9.17, 15) is 0 Å². The van der Waals surface area contributed by atoms with Gasteiger partial charge in [0, 0.05) is 18.8 Å². The Labute approximate surface area is 98.1 Å². The van der Waals surface area contributed by atoms with E-state index in [0.717, 1.165) is 38.7 Å². The molecule has 0 spiro atoms. The fourth-order valence-electron chi connectivity index (χ4n) is 1.88. The largest absolute Gasteiger partial charge is 0.394 e. The van der Waals surface area contributed by atoms with E-state index in [-0.39, 0.29) is 6.61 Å². The monoisotopic (exact) mass is 231 g/mol. The molecule has 0 aromatic carbocycles. The van der Waals surface area contributed by atoms with Crippen LogP contribution in [0.15, 0.2) is 0 Å². The van der Waals surface area contributed by atoms with Crippen LogP contribution in [-0.4, -0.2) is 43.2 Å². The number of aliphatic hydroxyl groups excluding tert-OH is 1. The van der Waals surface area contributed by atoms with Crippen LogP contribution in [0.1, 0.15) is 39.0 Å². The number of rotatable bonds is 8. The van der Waals surface area contributed by atoms with Crippen molar-refractivity contribution in [3.05, 3.63) is 0 Å². The molecule has 16 heavy (non-hydrogen) atoms. The topological polar surface area (TPSA) is 64.7 Å². The number of nitrogens with two attached hydrogens (primary N) is 1. The normalized spacial score (nSPS) is 24.6. The van der Waals surface area contributed by atoms with Crippen LogP contribution in [0.2, 0.25) is 0 Å². The van der Waals surface area contributed by atoms with E-state index >= 15 is 0 Å². The predicted molar refractivity (Wildman–Crippen MR) is 63.3 cm³/mol. The predicted octanol–water partition coefficient (Wildman–Crippen LogP) is 1.06. The summed E-state index contributed by atoms with van der Waals surface area (Å²) in [7, 11) is 0. The van der Waals surface area contributed by atoms with Gasteiger partial charge in [0.2, 0.25) is 0 Å². The lowest BCUT2D eigenvalue weighted by molar-refractivity contribution is 0.0142. The summed E-state index contributed by atoms with van der Waals surface area (Å²) in [5.74, 6) is 0. The minimum atomic E-state index is -0.423. The Balaban J connectivity index is 1.98. The van der Waals surface area contributed by atoms with Gasteiger partial charge in [0.15, 0.2) is 0 Å². The maximum Gasteiger partial charge on any atom is 0.0809 e. The van der Waals surface area contributed by atoms with Gasteiger partial charge in [-0.05, 0) is 32.1 Å². The van der Waals surface area contributed by atoms with Crippen LogP contribution >= 0.6 is 0 Å². The molecule has 4 nitrogen and oxygen atoms in total. The van der Waals surface area contributed by atoms with Gasteiger partial charge in [0.05, 0.1) is 19.3 Å². The Morgan fingerprint density at radius 1 is 1.56 bits per heavy atom. The third-order valence-electron chi connectivity index (χ3n) is 3.31. The minimum Gasteiger partial charge on any atom is -0.394 e. The molecule has 1 aliphatic heterocycles. The Bertz CT molecular complexity index is 177. The summed E-state index contributed by atoms with van der Waals surface area (Å²) in [6, 6.07) is 0. The van der Waals surface area contributed by atoms with Gasteiger partial charge in [-0.1, -0.05) is 6.92 Å². The van der Waals surface area contributed by atoms with Crippen LogP contribution in [0, 0.1) is 0 Å². The highest BCUT2D eigenvalue weighted by molar-refractivity contribution is 4.81. The third-order valence-corrected chi connectivity index (χ3v) is 3.31. The number of hydrogen-bond acceptors (Lipinski definition) is 4. The van der Waals surface area contributed by atoms with Crippen LogP contribution in [-0.2, 0) is 9.47 Å². The molecule has 96 valence electrons.